The van der Waals surface area contributed by atoms with Crippen molar-refractivity contribution in [3.05, 3.63) is 51.9 Å². The van der Waals surface area contributed by atoms with Crippen LogP contribution in [0.15, 0.2) is 35.1 Å². The lowest BCUT2D eigenvalue weighted by Crippen LogP contribution is -2.23. The van der Waals surface area contributed by atoms with Gasteiger partial charge in [0.1, 0.15) is 5.75 Å². The Morgan fingerprint density at radius 2 is 2.17 bits per heavy atom. The first kappa shape index (κ1) is 12.3. The van der Waals surface area contributed by atoms with E-state index in [0.29, 0.717) is 18.0 Å². The second-order valence-corrected chi connectivity index (χ2v) is 3.91. The summed E-state index contributed by atoms with van der Waals surface area (Å²) in [6.45, 7) is 2.14. The molecule has 0 fully saturated rings. The summed E-state index contributed by atoms with van der Waals surface area (Å²) in [7, 11) is 1.58. The molecule has 1 aromatic heterocycles. The number of nitrogens with two attached hydrogens (primary N) is 1. The molecule has 0 atom stereocenters. The summed E-state index contributed by atoms with van der Waals surface area (Å²) >= 11 is 0. The van der Waals surface area contributed by atoms with E-state index in [1.165, 1.54) is 10.7 Å². The van der Waals surface area contributed by atoms with Gasteiger partial charge >= 0.3 is 0 Å². The van der Waals surface area contributed by atoms with Gasteiger partial charge in [0.05, 0.1) is 18.5 Å². The van der Waals surface area contributed by atoms with E-state index in [1.807, 2.05) is 19.1 Å². The molecule has 0 aliphatic carbocycles. The Bertz CT molecular complexity index is 620. The van der Waals surface area contributed by atoms with E-state index in [1.54, 1.807) is 19.2 Å². The fraction of sp³-hybridized carbons (Fsp3) is 0.231. The number of hydrogen-bond donors (Lipinski definition) is 1. The zero-order valence-corrected chi connectivity index (χ0v) is 10.4. The van der Waals surface area contributed by atoms with Crippen molar-refractivity contribution in [2.24, 2.45) is 5.73 Å². The van der Waals surface area contributed by atoms with E-state index >= 15 is 0 Å². The molecule has 18 heavy (non-hydrogen) atoms. The van der Waals surface area contributed by atoms with Gasteiger partial charge in [0.25, 0.3) is 5.56 Å². The van der Waals surface area contributed by atoms with E-state index in [-0.39, 0.29) is 5.56 Å². The number of ether oxygens (including phenoxy) is 1. The minimum Gasteiger partial charge on any atom is -0.497 e. The van der Waals surface area contributed by atoms with Crippen LogP contribution in [0.5, 0.6) is 5.75 Å². The molecule has 0 radical (unpaired) electrons. The molecule has 2 aromatic rings. The number of aryl methyl sites for hydroxylation is 1. The molecule has 1 heterocycles. The first-order valence-corrected chi connectivity index (χ1v) is 5.60. The summed E-state index contributed by atoms with van der Waals surface area (Å²) < 4.78 is 6.47. The van der Waals surface area contributed by atoms with Crippen molar-refractivity contribution >= 4 is 0 Å². The van der Waals surface area contributed by atoms with Gasteiger partial charge in [0.15, 0.2) is 0 Å². The van der Waals surface area contributed by atoms with Crippen LogP contribution in [-0.2, 0) is 6.54 Å². The normalized spacial score (nSPS) is 10.4. The maximum absolute atomic E-state index is 12.0. The quantitative estimate of drug-likeness (QED) is 0.876. The summed E-state index contributed by atoms with van der Waals surface area (Å²) in [6.07, 6.45) is 0. The van der Waals surface area contributed by atoms with Crippen LogP contribution >= 0.6 is 0 Å². The molecule has 0 bridgehead atoms. The van der Waals surface area contributed by atoms with E-state index in [4.69, 9.17) is 10.5 Å². The van der Waals surface area contributed by atoms with Gasteiger partial charge in [0.2, 0.25) is 0 Å². The summed E-state index contributed by atoms with van der Waals surface area (Å²) in [5.41, 5.74) is 7.53. The standard InChI is InChI=1S/C13H15N3O2/c1-9-10(8-14)6-13(17)16(15-9)11-4-3-5-12(7-11)18-2/h3-7H,8,14H2,1-2H3. The van der Waals surface area contributed by atoms with Crippen molar-refractivity contribution in [1.29, 1.82) is 0 Å². The van der Waals surface area contributed by atoms with E-state index in [9.17, 15) is 4.79 Å². The van der Waals surface area contributed by atoms with Crippen molar-refractivity contribution in [2.45, 2.75) is 13.5 Å². The number of hydrogen-bond acceptors (Lipinski definition) is 4. The van der Waals surface area contributed by atoms with Crippen LogP contribution in [0.3, 0.4) is 0 Å². The van der Waals surface area contributed by atoms with Crippen LogP contribution in [-0.4, -0.2) is 16.9 Å². The summed E-state index contributed by atoms with van der Waals surface area (Å²) in [5, 5.41) is 4.26. The van der Waals surface area contributed by atoms with Gasteiger partial charge in [-0.3, -0.25) is 4.79 Å². The first-order valence-electron chi connectivity index (χ1n) is 5.60. The van der Waals surface area contributed by atoms with Gasteiger partial charge in [-0.25, -0.2) is 0 Å². The van der Waals surface area contributed by atoms with E-state index < -0.39 is 0 Å². The van der Waals surface area contributed by atoms with Gasteiger partial charge in [-0.15, -0.1) is 0 Å². The highest BCUT2D eigenvalue weighted by Gasteiger charge is 2.06. The van der Waals surface area contributed by atoms with Crippen LogP contribution < -0.4 is 16.0 Å². The fourth-order valence-electron chi connectivity index (χ4n) is 1.71. The Morgan fingerprint density at radius 1 is 1.39 bits per heavy atom. The third-order valence-corrected chi connectivity index (χ3v) is 2.74. The molecule has 0 aliphatic heterocycles. The fourth-order valence-corrected chi connectivity index (χ4v) is 1.71. The molecule has 2 N–H and O–H groups in total. The lowest BCUT2D eigenvalue weighted by molar-refractivity contribution is 0.414. The third kappa shape index (κ3) is 2.26. The van der Waals surface area contributed by atoms with Gasteiger partial charge in [0, 0.05) is 18.7 Å². The van der Waals surface area contributed by atoms with Crippen LogP contribution in [0.25, 0.3) is 5.69 Å². The van der Waals surface area contributed by atoms with E-state index in [2.05, 4.69) is 5.10 Å². The van der Waals surface area contributed by atoms with Crippen molar-refractivity contribution < 1.29 is 4.74 Å². The van der Waals surface area contributed by atoms with Gasteiger partial charge < -0.3 is 10.5 Å². The Balaban J connectivity index is 2.57. The highest BCUT2D eigenvalue weighted by Crippen LogP contribution is 2.14. The largest absolute Gasteiger partial charge is 0.497 e. The van der Waals surface area contributed by atoms with Crippen LogP contribution in [0.2, 0.25) is 0 Å². The predicted octanol–water partition coefficient (Wildman–Crippen LogP) is 1.01. The lowest BCUT2D eigenvalue weighted by Gasteiger charge is -2.09. The Morgan fingerprint density at radius 3 is 2.83 bits per heavy atom. The molecule has 5 heteroatoms. The van der Waals surface area contributed by atoms with Crippen LogP contribution in [0.4, 0.5) is 0 Å². The van der Waals surface area contributed by atoms with Crippen LogP contribution in [0.1, 0.15) is 11.3 Å². The monoisotopic (exact) mass is 245 g/mol. The number of aromatic nitrogens is 2. The predicted molar refractivity (Wildman–Crippen MR) is 69.0 cm³/mol. The highest BCUT2D eigenvalue weighted by molar-refractivity contribution is 5.38. The summed E-state index contributed by atoms with van der Waals surface area (Å²) in [6, 6.07) is 8.71. The molecule has 94 valence electrons. The topological polar surface area (TPSA) is 70.1 Å². The second-order valence-electron chi connectivity index (χ2n) is 3.91. The molecule has 0 aliphatic rings. The highest BCUT2D eigenvalue weighted by atomic mass is 16.5. The molecule has 1 aromatic carbocycles. The minimum absolute atomic E-state index is 0.200. The molecule has 2 rings (SSSR count). The van der Waals surface area contributed by atoms with Crippen LogP contribution in [0, 0.1) is 6.92 Å². The molecular formula is C13H15N3O2. The molecule has 0 saturated heterocycles. The smallest absolute Gasteiger partial charge is 0.271 e. The maximum Gasteiger partial charge on any atom is 0.271 e. The Labute approximate surface area is 105 Å². The lowest BCUT2D eigenvalue weighted by atomic mass is 10.2. The first-order chi connectivity index (χ1) is 8.65. The average molecular weight is 245 g/mol. The SMILES string of the molecule is COc1cccc(-n2nc(C)c(CN)cc2=O)c1. The van der Waals surface area contributed by atoms with Gasteiger partial charge in [-0.05, 0) is 24.6 Å². The second kappa shape index (κ2) is 5.01. The molecule has 0 saturated carbocycles. The number of benzene rings is 1. The van der Waals surface area contributed by atoms with Crippen molar-refractivity contribution in [3.8, 4) is 11.4 Å². The zero-order valence-electron chi connectivity index (χ0n) is 10.4. The summed E-state index contributed by atoms with van der Waals surface area (Å²) in [4.78, 5) is 12.0. The van der Waals surface area contributed by atoms with Gasteiger partial charge in [-0.2, -0.15) is 9.78 Å². The molecule has 0 unspecified atom stereocenters. The van der Waals surface area contributed by atoms with Crippen molar-refractivity contribution in [3.63, 3.8) is 0 Å². The average Bonchev–Trinajstić information content (AvgIpc) is 2.41. The molecule has 5 nitrogen and oxygen atoms in total. The van der Waals surface area contributed by atoms with Crippen molar-refractivity contribution in [1.82, 2.24) is 9.78 Å². The van der Waals surface area contributed by atoms with Crippen molar-refractivity contribution in [2.75, 3.05) is 7.11 Å². The third-order valence-electron chi connectivity index (χ3n) is 2.74. The van der Waals surface area contributed by atoms with E-state index in [0.717, 1.165) is 11.3 Å². The maximum atomic E-state index is 12.0. The number of methoxy groups -OCH3 is 1. The number of nitrogens with zero attached hydrogens (tertiary/aromatic N) is 2. The van der Waals surface area contributed by atoms with Gasteiger partial charge in [-0.1, -0.05) is 6.07 Å². The molecule has 0 spiro atoms. The zero-order chi connectivity index (χ0) is 13.1. The number of rotatable bonds is 3. The minimum atomic E-state index is -0.200. The Kier molecular flexibility index (Phi) is 3.43. The summed E-state index contributed by atoms with van der Waals surface area (Å²) in [5.74, 6) is 0.682. The Hall–Kier alpha value is -2.14. The molecular weight excluding hydrogens is 230 g/mol. The molecule has 0 amide bonds.